The Morgan fingerprint density at radius 2 is 1.96 bits per heavy atom. The number of hydrogen-bond acceptors (Lipinski definition) is 4. The molecule has 0 atom stereocenters. The number of nitrogens with one attached hydrogen (secondary N) is 1. The summed E-state index contributed by atoms with van der Waals surface area (Å²) in [6.45, 7) is 2.08. The molecule has 128 valence electrons. The molecule has 1 amide bonds. The van der Waals surface area contributed by atoms with Crippen LogP contribution in [0.2, 0.25) is 0 Å². The van der Waals surface area contributed by atoms with Gasteiger partial charge in [0, 0.05) is 18.2 Å². The van der Waals surface area contributed by atoms with Crippen molar-refractivity contribution in [3.63, 3.8) is 0 Å². The fraction of sp³-hybridized carbons (Fsp3) is 0.158. The van der Waals surface area contributed by atoms with Crippen molar-refractivity contribution in [3.05, 3.63) is 71.2 Å². The molecule has 0 aliphatic carbocycles. The second-order valence-corrected chi connectivity index (χ2v) is 5.56. The molecule has 1 aromatic heterocycles. The standard InChI is InChI=1S/C19H17FN2O3/c1-12-3-6-15(20)9-14(12)11-21-19(23)17-10-18(25-22-17)13-4-7-16(24-2)8-5-13/h3-10H,11H2,1-2H3,(H,21,23). The average molecular weight is 340 g/mol. The van der Waals surface area contributed by atoms with Crippen LogP contribution in [0.5, 0.6) is 5.75 Å². The minimum atomic E-state index is -0.382. The van der Waals surface area contributed by atoms with Crippen LogP contribution >= 0.6 is 0 Å². The highest BCUT2D eigenvalue weighted by atomic mass is 19.1. The number of halogens is 1. The first-order valence-electron chi connectivity index (χ1n) is 7.71. The molecule has 2 aromatic carbocycles. The molecule has 1 heterocycles. The Morgan fingerprint density at radius 1 is 1.20 bits per heavy atom. The van der Waals surface area contributed by atoms with Gasteiger partial charge in [0.2, 0.25) is 0 Å². The van der Waals surface area contributed by atoms with E-state index in [2.05, 4.69) is 10.5 Å². The van der Waals surface area contributed by atoms with Crippen molar-refractivity contribution in [2.24, 2.45) is 0 Å². The van der Waals surface area contributed by atoms with Crippen molar-refractivity contribution in [3.8, 4) is 17.1 Å². The SMILES string of the molecule is COc1ccc(-c2cc(C(=O)NCc3cc(F)ccc3C)no2)cc1. The maximum absolute atomic E-state index is 13.3. The molecule has 3 aromatic rings. The molecule has 25 heavy (non-hydrogen) atoms. The van der Waals surface area contributed by atoms with Crippen LogP contribution in [0.15, 0.2) is 53.1 Å². The lowest BCUT2D eigenvalue weighted by Crippen LogP contribution is -2.23. The van der Waals surface area contributed by atoms with Crippen LogP contribution < -0.4 is 10.1 Å². The van der Waals surface area contributed by atoms with Gasteiger partial charge in [0.05, 0.1) is 7.11 Å². The number of carbonyl (C=O) groups is 1. The number of nitrogens with zero attached hydrogens (tertiary/aromatic N) is 1. The minimum absolute atomic E-state index is 0.167. The quantitative estimate of drug-likeness (QED) is 0.769. The molecule has 0 spiro atoms. The van der Waals surface area contributed by atoms with Gasteiger partial charge in [-0.15, -0.1) is 0 Å². The highest BCUT2D eigenvalue weighted by molar-refractivity contribution is 5.93. The van der Waals surface area contributed by atoms with Crippen LogP contribution in [-0.2, 0) is 6.54 Å². The molecule has 0 fully saturated rings. The largest absolute Gasteiger partial charge is 0.497 e. The van der Waals surface area contributed by atoms with Crippen LogP contribution in [0.3, 0.4) is 0 Å². The molecular formula is C19H17FN2O3. The molecule has 1 N–H and O–H groups in total. The summed E-state index contributed by atoms with van der Waals surface area (Å²) in [6.07, 6.45) is 0. The van der Waals surface area contributed by atoms with Crippen molar-refractivity contribution in [1.29, 1.82) is 0 Å². The van der Waals surface area contributed by atoms with Gasteiger partial charge >= 0.3 is 0 Å². The van der Waals surface area contributed by atoms with E-state index >= 15 is 0 Å². The van der Waals surface area contributed by atoms with E-state index in [1.54, 1.807) is 31.4 Å². The van der Waals surface area contributed by atoms with Crippen LogP contribution in [-0.4, -0.2) is 18.2 Å². The van der Waals surface area contributed by atoms with Crippen molar-refractivity contribution in [2.45, 2.75) is 13.5 Å². The van der Waals surface area contributed by atoms with E-state index in [4.69, 9.17) is 9.26 Å². The van der Waals surface area contributed by atoms with E-state index in [9.17, 15) is 9.18 Å². The molecule has 6 heteroatoms. The first-order chi connectivity index (χ1) is 12.1. The van der Waals surface area contributed by atoms with Crippen LogP contribution in [0, 0.1) is 12.7 Å². The number of benzene rings is 2. The molecule has 0 bridgehead atoms. The number of aryl methyl sites for hydroxylation is 1. The summed E-state index contributed by atoms with van der Waals surface area (Å²) in [5.74, 6) is 0.492. The summed E-state index contributed by atoms with van der Waals surface area (Å²) < 4.78 is 23.6. The fourth-order valence-electron chi connectivity index (χ4n) is 2.37. The molecular weight excluding hydrogens is 323 g/mol. The predicted molar refractivity (Wildman–Crippen MR) is 90.8 cm³/mol. The van der Waals surface area contributed by atoms with E-state index in [1.165, 1.54) is 12.1 Å². The van der Waals surface area contributed by atoms with Gasteiger partial charge in [-0.2, -0.15) is 0 Å². The van der Waals surface area contributed by atoms with Gasteiger partial charge in [0.25, 0.3) is 5.91 Å². The van der Waals surface area contributed by atoms with E-state index in [1.807, 2.05) is 19.1 Å². The molecule has 0 aliphatic rings. The molecule has 0 aliphatic heterocycles. The first-order valence-corrected chi connectivity index (χ1v) is 7.71. The Kier molecular flexibility index (Phi) is 4.79. The highest BCUT2D eigenvalue weighted by Gasteiger charge is 2.14. The first kappa shape index (κ1) is 16.7. The Balaban J connectivity index is 1.68. The predicted octanol–water partition coefficient (Wildman–Crippen LogP) is 3.73. The summed E-state index contributed by atoms with van der Waals surface area (Å²) in [5, 5.41) is 6.51. The number of carbonyl (C=O) groups excluding carboxylic acids is 1. The van der Waals surface area contributed by atoms with Gasteiger partial charge < -0.3 is 14.6 Å². The lowest BCUT2D eigenvalue weighted by atomic mass is 10.1. The van der Waals surface area contributed by atoms with Gasteiger partial charge in [-0.25, -0.2) is 4.39 Å². The summed E-state index contributed by atoms with van der Waals surface area (Å²) >= 11 is 0. The lowest BCUT2D eigenvalue weighted by Gasteiger charge is -2.06. The van der Waals surface area contributed by atoms with Gasteiger partial charge in [0.1, 0.15) is 11.6 Å². The molecule has 0 saturated heterocycles. The Morgan fingerprint density at radius 3 is 2.68 bits per heavy atom. The second kappa shape index (κ2) is 7.17. The number of ether oxygens (including phenoxy) is 1. The zero-order valence-electron chi connectivity index (χ0n) is 13.9. The molecule has 0 radical (unpaired) electrons. The number of amides is 1. The van der Waals surface area contributed by atoms with E-state index in [0.717, 1.165) is 16.9 Å². The number of methoxy groups -OCH3 is 1. The van der Waals surface area contributed by atoms with Crippen molar-refractivity contribution in [2.75, 3.05) is 7.11 Å². The smallest absolute Gasteiger partial charge is 0.273 e. The van der Waals surface area contributed by atoms with E-state index in [0.29, 0.717) is 11.3 Å². The van der Waals surface area contributed by atoms with Crippen LogP contribution in [0.1, 0.15) is 21.6 Å². The number of hydrogen-bond donors (Lipinski definition) is 1. The van der Waals surface area contributed by atoms with Crippen molar-refractivity contribution in [1.82, 2.24) is 10.5 Å². The third kappa shape index (κ3) is 3.85. The second-order valence-electron chi connectivity index (χ2n) is 5.56. The maximum Gasteiger partial charge on any atom is 0.273 e. The Hall–Kier alpha value is -3.15. The van der Waals surface area contributed by atoms with Gasteiger partial charge in [-0.05, 0) is 54.4 Å². The van der Waals surface area contributed by atoms with Crippen molar-refractivity contribution >= 4 is 5.91 Å². The normalized spacial score (nSPS) is 10.5. The number of aromatic nitrogens is 1. The minimum Gasteiger partial charge on any atom is -0.497 e. The Labute approximate surface area is 144 Å². The summed E-state index contributed by atoms with van der Waals surface area (Å²) in [4.78, 5) is 12.2. The third-order valence-electron chi connectivity index (χ3n) is 3.87. The molecule has 0 saturated carbocycles. The van der Waals surface area contributed by atoms with Crippen LogP contribution in [0.4, 0.5) is 4.39 Å². The zero-order valence-corrected chi connectivity index (χ0v) is 13.9. The third-order valence-corrected chi connectivity index (χ3v) is 3.87. The molecule has 0 unspecified atom stereocenters. The van der Waals surface area contributed by atoms with E-state index in [-0.39, 0.29) is 24.0 Å². The van der Waals surface area contributed by atoms with Crippen molar-refractivity contribution < 1.29 is 18.4 Å². The van der Waals surface area contributed by atoms with E-state index < -0.39 is 0 Å². The monoisotopic (exact) mass is 340 g/mol. The summed E-state index contributed by atoms with van der Waals surface area (Å²) in [6, 6.07) is 13.3. The number of rotatable bonds is 5. The van der Waals surface area contributed by atoms with Crippen LogP contribution in [0.25, 0.3) is 11.3 Å². The fourth-order valence-corrected chi connectivity index (χ4v) is 2.37. The maximum atomic E-state index is 13.3. The molecule has 3 rings (SSSR count). The van der Waals surface area contributed by atoms with Gasteiger partial charge in [-0.3, -0.25) is 4.79 Å². The summed E-state index contributed by atoms with van der Waals surface area (Å²) in [7, 11) is 1.59. The molecule has 5 nitrogen and oxygen atoms in total. The van der Waals surface area contributed by atoms with Gasteiger partial charge in [-0.1, -0.05) is 11.2 Å². The Bertz CT molecular complexity index is 888. The summed E-state index contributed by atoms with van der Waals surface area (Å²) in [5.41, 5.74) is 2.57. The average Bonchev–Trinajstić information content (AvgIpc) is 3.12. The zero-order chi connectivity index (χ0) is 17.8. The lowest BCUT2D eigenvalue weighted by molar-refractivity contribution is 0.0942. The topological polar surface area (TPSA) is 64.4 Å². The van der Waals surface area contributed by atoms with Gasteiger partial charge in [0.15, 0.2) is 11.5 Å². The highest BCUT2D eigenvalue weighted by Crippen LogP contribution is 2.23.